The number of rotatable bonds is 6. The summed E-state index contributed by atoms with van der Waals surface area (Å²) in [6.07, 6.45) is 3.22. The van der Waals surface area contributed by atoms with Crippen molar-refractivity contribution in [1.82, 2.24) is 9.62 Å². The highest BCUT2D eigenvalue weighted by Gasteiger charge is 2.26. The Hall–Kier alpha value is -1.70. The van der Waals surface area contributed by atoms with Crippen LogP contribution in [0.1, 0.15) is 30.1 Å². The van der Waals surface area contributed by atoms with E-state index < -0.39 is 10.0 Å². The Balaban J connectivity index is 2.11. The van der Waals surface area contributed by atoms with Gasteiger partial charge in [-0.3, -0.25) is 4.79 Å². The van der Waals surface area contributed by atoms with Crippen LogP contribution in [-0.2, 0) is 10.0 Å². The molecular formula is C17H25N3O3S. The van der Waals surface area contributed by atoms with Crippen LogP contribution < -0.4 is 10.5 Å². The van der Waals surface area contributed by atoms with E-state index in [0.717, 1.165) is 12.8 Å². The molecule has 2 rings (SSSR count). The summed E-state index contributed by atoms with van der Waals surface area (Å²) in [5.41, 5.74) is 6.31. The Labute approximate surface area is 143 Å². The molecule has 0 radical (unpaired) electrons. The van der Waals surface area contributed by atoms with E-state index in [1.54, 1.807) is 17.0 Å². The van der Waals surface area contributed by atoms with Crippen molar-refractivity contribution in [3.63, 3.8) is 0 Å². The number of likely N-dealkylation sites (tertiary alicyclic amines) is 1. The fraction of sp³-hybridized carbons (Fsp3) is 0.471. The van der Waals surface area contributed by atoms with E-state index in [1.165, 1.54) is 18.2 Å². The summed E-state index contributed by atoms with van der Waals surface area (Å²) in [6, 6.07) is 6.26. The second kappa shape index (κ2) is 7.92. The minimum Gasteiger partial charge on any atom is -0.339 e. The lowest BCUT2D eigenvalue weighted by Crippen LogP contribution is -2.42. The summed E-state index contributed by atoms with van der Waals surface area (Å²) in [5.74, 6) is 0.294. The maximum absolute atomic E-state index is 12.6. The molecule has 3 N–H and O–H groups in total. The van der Waals surface area contributed by atoms with E-state index in [1.807, 2.05) is 6.92 Å². The van der Waals surface area contributed by atoms with Crippen LogP contribution >= 0.6 is 0 Å². The Morgan fingerprint density at radius 3 is 2.71 bits per heavy atom. The van der Waals surface area contributed by atoms with E-state index in [-0.39, 0.29) is 23.4 Å². The summed E-state index contributed by atoms with van der Waals surface area (Å²) in [7, 11) is -3.64. The van der Waals surface area contributed by atoms with Gasteiger partial charge in [0.2, 0.25) is 10.0 Å². The molecule has 1 fully saturated rings. The average molecular weight is 351 g/mol. The molecule has 132 valence electrons. The fourth-order valence-electron chi connectivity index (χ4n) is 2.86. The van der Waals surface area contributed by atoms with Gasteiger partial charge in [0, 0.05) is 31.2 Å². The van der Waals surface area contributed by atoms with Gasteiger partial charge >= 0.3 is 0 Å². The number of hydrogen-bond donors (Lipinski definition) is 2. The normalized spacial score (nSPS) is 17.5. The van der Waals surface area contributed by atoms with Crippen LogP contribution in [0.15, 0.2) is 41.8 Å². The maximum atomic E-state index is 12.6. The van der Waals surface area contributed by atoms with Crippen LogP contribution in [0.5, 0.6) is 0 Å². The summed E-state index contributed by atoms with van der Waals surface area (Å²) in [6.45, 7) is 6.92. The Kier molecular flexibility index (Phi) is 6.15. The van der Waals surface area contributed by atoms with Crippen molar-refractivity contribution in [3.05, 3.63) is 42.5 Å². The van der Waals surface area contributed by atoms with Gasteiger partial charge in [-0.2, -0.15) is 0 Å². The highest BCUT2D eigenvalue weighted by atomic mass is 32.2. The van der Waals surface area contributed by atoms with Crippen molar-refractivity contribution < 1.29 is 13.2 Å². The smallest absolute Gasteiger partial charge is 0.253 e. The third-order valence-corrected chi connectivity index (χ3v) is 5.80. The van der Waals surface area contributed by atoms with Gasteiger partial charge in [0.15, 0.2) is 0 Å². The molecule has 1 aromatic rings. The number of nitrogens with one attached hydrogen (secondary N) is 1. The lowest BCUT2D eigenvalue weighted by Gasteiger charge is -2.33. The van der Waals surface area contributed by atoms with Crippen LogP contribution in [0.3, 0.4) is 0 Å². The first-order valence-electron chi connectivity index (χ1n) is 8.10. The summed E-state index contributed by atoms with van der Waals surface area (Å²) < 4.78 is 26.7. The van der Waals surface area contributed by atoms with Crippen molar-refractivity contribution in [1.29, 1.82) is 0 Å². The second-order valence-electron chi connectivity index (χ2n) is 6.16. The molecule has 1 amide bonds. The van der Waals surface area contributed by atoms with Gasteiger partial charge < -0.3 is 10.6 Å². The standard InChI is InChI=1S/C17H25N3O3S/c1-3-9-19-24(22,23)16-6-4-5-15(12-16)17(21)20-10-7-14(8-11-20)13(2)18/h3-6,12-14,19H,1,7-11,18H2,2H3. The number of nitrogens with two attached hydrogens (primary N) is 1. The van der Waals surface area contributed by atoms with Gasteiger partial charge in [-0.1, -0.05) is 12.1 Å². The van der Waals surface area contributed by atoms with Crippen molar-refractivity contribution in [2.24, 2.45) is 11.7 Å². The van der Waals surface area contributed by atoms with Crippen molar-refractivity contribution >= 4 is 15.9 Å². The van der Waals surface area contributed by atoms with Crippen LogP contribution in [0, 0.1) is 5.92 Å². The van der Waals surface area contributed by atoms with E-state index >= 15 is 0 Å². The van der Waals surface area contributed by atoms with Gasteiger partial charge in [0.25, 0.3) is 5.91 Å². The molecule has 1 atom stereocenters. The quantitative estimate of drug-likeness (QED) is 0.757. The highest BCUT2D eigenvalue weighted by Crippen LogP contribution is 2.22. The van der Waals surface area contributed by atoms with Crippen molar-refractivity contribution in [2.75, 3.05) is 19.6 Å². The molecule has 0 aliphatic carbocycles. The molecule has 1 saturated heterocycles. The SMILES string of the molecule is C=CCNS(=O)(=O)c1cccc(C(=O)N2CCC(C(C)N)CC2)c1. The van der Waals surface area contributed by atoms with Crippen molar-refractivity contribution in [2.45, 2.75) is 30.7 Å². The van der Waals surface area contributed by atoms with E-state index in [9.17, 15) is 13.2 Å². The second-order valence-corrected chi connectivity index (χ2v) is 7.92. The molecule has 1 heterocycles. The molecule has 1 aliphatic rings. The predicted octanol–water partition coefficient (Wildman–Crippen LogP) is 1.35. The number of piperidine rings is 1. The third kappa shape index (κ3) is 4.43. The number of nitrogens with zero attached hydrogens (tertiary/aromatic N) is 1. The minimum atomic E-state index is -3.64. The Morgan fingerprint density at radius 1 is 1.46 bits per heavy atom. The van der Waals surface area contributed by atoms with Crippen LogP contribution in [0.25, 0.3) is 0 Å². The van der Waals surface area contributed by atoms with Crippen LogP contribution in [0.2, 0.25) is 0 Å². The first-order valence-corrected chi connectivity index (χ1v) is 9.59. The number of amides is 1. The van der Waals surface area contributed by atoms with Crippen LogP contribution in [0.4, 0.5) is 0 Å². The lowest BCUT2D eigenvalue weighted by atomic mass is 9.90. The molecule has 0 spiro atoms. The largest absolute Gasteiger partial charge is 0.339 e. The molecule has 0 saturated carbocycles. The molecule has 24 heavy (non-hydrogen) atoms. The summed E-state index contributed by atoms with van der Waals surface area (Å²) in [4.78, 5) is 14.5. The minimum absolute atomic E-state index is 0.0840. The van der Waals surface area contributed by atoms with Crippen molar-refractivity contribution in [3.8, 4) is 0 Å². The fourth-order valence-corrected chi connectivity index (χ4v) is 3.90. The molecule has 0 bridgehead atoms. The van der Waals surface area contributed by atoms with Gasteiger partial charge in [-0.15, -0.1) is 6.58 Å². The zero-order chi connectivity index (χ0) is 17.7. The molecule has 1 aromatic carbocycles. The summed E-state index contributed by atoms with van der Waals surface area (Å²) in [5, 5.41) is 0. The van der Waals surface area contributed by atoms with E-state index in [2.05, 4.69) is 11.3 Å². The topological polar surface area (TPSA) is 92.5 Å². The van der Waals surface area contributed by atoms with Gasteiger partial charge in [0.05, 0.1) is 4.90 Å². The molecule has 1 unspecified atom stereocenters. The maximum Gasteiger partial charge on any atom is 0.253 e. The number of benzene rings is 1. The third-order valence-electron chi connectivity index (χ3n) is 4.38. The molecule has 0 aromatic heterocycles. The number of sulfonamides is 1. The highest BCUT2D eigenvalue weighted by molar-refractivity contribution is 7.89. The monoisotopic (exact) mass is 351 g/mol. The zero-order valence-electron chi connectivity index (χ0n) is 13.9. The van der Waals surface area contributed by atoms with E-state index in [4.69, 9.17) is 5.73 Å². The number of carbonyl (C=O) groups excluding carboxylic acids is 1. The first-order chi connectivity index (χ1) is 11.3. The van der Waals surface area contributed by atoms with Crippen LogP contribution in [-0.4, -0.2) is 44.9 Å². The molecule has 7 heteroatoms. The zero-order valence-corrected chi connectivity index (χ0v) is 14.8. The summed E-state index contributed by atoms with van der Waals surface area (Å²) >= 11 is 0. The molecule has 1 aliphatic heterocycles. The number of hydrogen-bond acceptors (Lipinski definition) is 4. The lowest BCUT2D eigenvalue weighted by molar-refractivity contribution is 0.0680. The first kappa shape index (κ1) is 18.6. The Bertz CT molecular complexity index is 693. The van der Waals surface area contributed by atoms with Gasteiger partial charge in [-0.05, 0) is 43.9 Å². The predicted molar refractivity (Wildman–Crippen MR) is 94.1 cm³/mol. The van der Waals surface area contributed by atoms with E-state index in [0.29, 0.717) is 24.6 Å². The Morgan fingerprint density at radius 2 is 2.12 bits per heavy atom. The molecule has 6 nitrogen and oxygen atoms in total. The van der Waals surface area contributed by atoms with Gasteiger partial charge in [0.1, 0.15) is 0 Å². The molecular weight excluding hydrogens is 326 g/mol. The van der Waals surface area contributed by atoms with Gasteiger partial charge in [-0.25, -0.2) is 13.1 Å². The number of carbonyl (C=O) groups is 1. The average Bonchev–Trinajstić information content (AvgIpc) is 2.59.